The van der Waals surface area contributed by atoms with Gasteiger partial charge in [0.25, 0.3) is 5.92 Å². The molecule has 0 saturated carbocycles. The van der Waals surface area contributed by atoms with Crippen molar-refractivity contribution in [1.29, 1.82) is 0 Å². The number of benzene rings is 2. The maximum atomic E-state index is 15.1. The highest BCUT2D eigenvalue weighted by atomic mass is 32.2. The molecular formula is C21H25F2NO3S. The van der Waals surface area contributed by atoms with Crippen molar-refractivity contribution in [3.63, 3.8) is 0 Å². The van der Waals surface area contributed by atoms with Crippen LogP contribution >= 0.6 is 0 Å². The van der Waals surface area contributed by atoms with Crippen LogP contribution in [0.4, 0.5) is 8.78 Å². The van der Waals surface area contributed by atoms with Crippen molar-refractivity contribution in [3.05, 3.63) is 65.7 Å². The maximum absolute atomic E-state index is 15.1. The molecule has 4 nitrogen and oxygen atoms in total. The van der Waals surface area contributed by atoms with Crippen LogP contribution in [0.5, 0.6) is 0 Å². The van der Waals surface area contributed by atoms with E-state index in [4.69, 9.17) is 0 Å². The van der Waals surface area contributed by atoms with Gasteiger partial charge in [0.05, 0.1) is 4.90 Å². The highest BCUT2D eigenvalue weighted by Gasteiger charge is 2.56. The molecule has 0 spiro atoms. The summed E-state index contributed by atoms with van der Waals surface area (Å²) >= 11 is 0. The van der Waals surface area contributed by atoms with Crippen LogP contribution in [0.1, 0.15) is 30.9 Å². The minimum atomic E-state index is -3.71. The largest absolute Gasteiger partial charge is 0.379 e. The number of aryl methyl sites for hydroxylation is 1. The fourth-order valence-electron chi connectivity index (χ4n) is 3.67. The SMILES string of the molecule is Cc1ccc(S(=O)(=O)N2CCC(C(F)(F)C(C)(O)c3ccccc3)CC2)cc1. The summed E-state index contributed by atoms with van der Waals surface area (Å²) in [6, 6.07) is 14.4. The van der Waals surface area contributed by atoms with Gasteiger partial charge in [-0.3, -0.25) is 0 Å². The van der Waals surface area contributed by atoms with Crippen LogP contribution in [0.15, 0.2) is 59.5 Å². The molecule has 0 radical (unpaired) electrons. The molecule has 0 aromatic heterocycles. The second-order valence-corrected chi connectivity index (χ2v) is 9.49. The standard InChI is InChI=1S/C21H25F2NO3S/c1-16-8-10-19(11-9-16)28(26,27)24-14-12-18(13-15-24)21(22,23)20(2,25)17-6-4-3-5-7-17/h3-11,18,25H,12-15H2,1-2H3. The first kappa shape index (κ1) is 20.9. The summed E-state index contributed by atoms with van der Waals surface area (Å²) in [7, 11) is -3.71. The number of alkyl halides is 2. The van der Waals surface area contributed by atoms with Gasteiger partial charge < -0.3 is 5.11 Å². The Morgan fingerprint density at radius 3 is 2.07 bits per heavy atom. The molecule has 0 aliphatic carbocycles. The van der Waals surface area contributed by atoms with E-state index < -0.39 is 27.5 Å². The molecule has 0 bridgehead atoms. The minimum absolute atomic E-state index is 0.00133. The number of sulfonamides is 1. The lowest BCUT2D eigenvalue weighted by atomic mass is 9.78. The summed E-state index contributed by atoms with van der Waals surface area (Å²) in [6.07, 6.45) is -0.0256. The lowest BCUT2D eigenvalue weighted by molar-refractivity contribution is -0.215. The number of halogens is 2. The Bertz CT molecular complexity index is 904. The van der Waals surface area contributed by atoms with Gasteiger partial charge in [-0.05, 0) is 44.4 Å². The molecule has 1 N–H and O–H groups in total. The van der Waals surface area contributed by atoms with Gasteiger partial charge in [-0.25, -0.2) is 17.2 Å². The van der Waals surface area contributed by atoms with Gasteiger partial charge in [-0.15, -0.1) is 0 Å². The van der Waals surface area contributed by atoms with Crippen molar-refractivity contribution >= 4 is 10.0 Å². The van der Waals surface area contributed by atoms with E-state index >= 15 is 8.78 Å². The van der Waals surface area contributed by atoms with Crippen molar-refractivity contribution in [3.8, 4) is 0 Å². The molecule has 2 aromatic rings. The number of nitrogens with zero attached hydrogens (tertiary/aromatic N) is 1. The molecule has 3 rings (SSSR count). The number of piperidine rings is 1. The zero-order valence-electron chi connectivity index (χ0n) is 16.0. The van der Waals surface area contributed by atoms with Crippen molar-refractivity contribution < 1.29 is 22.3 Å². The van der Waals surface area contributed by atoms with Gasteiger partial charge >= 0.3 is 0 Å². The molecule has 1 saturated heterocycles. The van der Waals surface area contributed by atoms with Gasteiger partial charge in [-0.2, -0.15) is 4.31 Å². The third-order valence-electron chi connectivity index (χ3n) is 5.61. The highest BCUT2D eigenvalue weighted by molar-refractivity contribution is 7.89. The summed E-state index contributed by atoms with van der Waals surface area (Å²) in [5, 5.41) is 10.6. The number of hydrogen-bond donors (Lipinski definition) is 1. The first-order valence-electron chi connectivity index (χ1n) is 9.29. The van der Waals surface area contributed by atoms with Crippen LogP contribution in [-0.2, 0) is 15.6 Å². The maximum Gasteiger partial charge on any atom is 0.282 e. The van der Waals surface area contributed by atoms with E-state index in [1.807, 2.05) is 6.92 Å². The van der Waals surface area contributed by atoms with Gasteiger partial charge in [0, 0.05) is 19.0 Å². The van der Waals surface area contributed by atoms with Crippen LogP contribution < -0.4 is 0 Å². The highest BCUT2D eigenvalue weighted by Crippen LogP contribution is 2.46. The molecule has 1 heterocycles. The second kappa shape index (κ2) is 7.54. The van der Waals surface area contributed by atoms with Crippen LogP contribution in [0, 0.1) is 12.8 Å². The normalized spacial score (nSPS) is 19.3. The molecule has 152 valence electrons. The quantitative estimate of drug-likeness (QED) is 0.814. The third kappa shape index (κ3) is 3.71. The Kier molecular flexibility index (Phi) is 5.62. The lowest BCUT2D eigenvalue weighted by Gasteiger charge is -2.41. The van der Waals surface area contributed by atoms with Gasteiger partial charge in [0.2, 0.25) is 10.0 Å². The fraction of sp³-hybridized carbons (Fsp3) is 0.429. The zero-order chi connectivity index (χ0) is 20.6. The van der Waals surface area contributed by atoms with Crippen LogP contribution in [0.3, 0.4) is 0 Å². The van der Waals surface area contributed by atoms with E-state index in [1.165, 1.54) is 28.6 Å². The molecular weight excluding hydrogens is 384 g/mol. The Morgan fingerprint density at radius 2 is 1.54 bits per heavy atom. The monoisotopic (exact) mass is 409 g/mol. The summed E-state index contributed by atoms with van der Waals surface area (Å²) in [6.45, 7) is 2.99. The number of aliphatic hydroxyl groups is 1. The molecule has 1 aliphatic heterocycles. The van der Waals surface area contributed by atoms with Gasteiger partial charge in [-0.1, -0.05) is 48.0 Å². The Hall–Kier alpha value is -1.83. The second-order valence-electron chi connectivity index (χ2n) is 7.55. The van der Waals surface area contributed by atoms with Crippen molar-refractivity contribution in [2.45, 2.75) is 43.1 Å². The summed E-state index contributed by atoms with van der Waals surface area (Å²) < 4.78 is 57.1. The predicted octanol–water partition coefficient (Wildman–Crippen LogP) is 3.94. The molecule has 2 aromatic carbocycles. The molecule has 1 aliphatic rings. The van der Waals surface area contributed by atoms with E-state index in [-0.39, 0.29) is 36.4 Å². The fourth-order valence-corrected chi connectivity index (χ4v) is 5.14. The van der Waals surface area contributed by atoms with Crippen LogP contribution in [0.25, 0.3) is 0 Å². The molecule has 1 fully saturated rings. The first-order chi connectivity index (χ1) is 13.1. The van der Waals surface area contributed by atoms with Gasteiger partial charge in [0.1, 0.15) is 0 Å². The van der Waals surface area contributed by atoms with Gasteiger partial charge in [0.15, 0.2) is 5.60 Å². The summed E-state index contributed by atoms with van der Waals surface area (Å²) in [4.78, 5) is 0.166. The topological polar surface area (TPSA) is 57.6 Å². The Morgan fingerprint density at radius 1 is 1.00 bits per heavy atom. The predicted molar refractivity (Wildman–Crippen MR) is 104 cm³/mol. The zero-order valence-corrected chi connectivity index (χ0v) is 16.8. The van der Waals surface area contributed by atoms with E-state index in [2.05, 4.69) is 0 Å². The average molecular weight is 409 g/mol. The smallest absolute Gasteiger partial charge is 0.282 e. The number of hydrogen-bond acceptors (Lipinski definition) is 3. The van der Waals surface area contributed by atoms with Crippen molar-refractivity contribution in [1.82, 2.24) is 4.31 Å². The first-order valence-corrected chi connectivity index (χ1v) is 10.7. The van der Waals surface area contributed by atoms with Crippen molar-refractivity contribution in [2.75, 3.05) is 13.1 Å². The molecule has 28 heavy (non-hydrogen) atoms. The number of rotatable bonds is 5. The van der Waals surface area contributed by atoms with Crippen LogP contribution in [-0.4, -0.2) is 36.8 Å². The molecule has 1 atom stereocenters. The van der Waals surface area contributed by atoms with E-state index in [1.54, 1.807) is 30.3 Å². The molecule has 7 heteroatoms. The van der Waals surface area contributed by atoms with E-state index in [0.717, 1.165) is 12.5 Å². The Labute approximate surface area is 164 Å². The van der Waals surface area contributed by atoms with Crippen LogP contribution in [0.2, 0.25) is 0 Å². The molecule has 0 amide bonds. The summed E-state index contributed by atoms with van der Waals surface area (Å²) in [5.74, 6) is -4.49. The lowest BCUT2D eigenvalue weighted by Crippen LogP contribution is -2.52. The van der Waals surface area contributed by atoms with E-state index in [0.29, 0.717) is 0 Å². The minimum Gasteiger partial charge on any atom is -0.379 e. The Balaban J connectivity index is 1.75. The van der Waals surface area contributed by atoms with Crippen molar-refractivity contribution in [2.24, 2.45) is 5.92 Å². The van der Waals surface area contributed by atoms with E-state index in [9.17, 15) is 13.5 Å². The third-order valence-corrected chi connectivity index (χ3v) is 7.52. The average Bonchev–Trinajstić information content (AvgIpc) is 2.69. The molecule has 1 unspecified atom stereocenters. The summed E-state index contributed by atoms with van der Waals surface area (Å²) in [5.41, 5.74) is -1.23.